The molecule has 2 aliphatic rings. The van der Waals surface area contributed by atoms with Gasteiger partial charge >= 0.3 is 6.03 Å². The van der Waals surface area contributed by atoms with E-state index in [9.17, 15) is 9.59 Å². The zero-order valence-corrected chi connectivity index (χ0v) is 16.7. The van der Waals surface area contributed by atoms with Crippen molar-refractivity contribution in [3.05, 3.63) is 30.3 Å². The Morgan fingerprint density at radius 1 is 1.25 bits per heavy atom. The van der Waals surface area contributed by atoms with Gasteiger partial charge < -0.3 is 20.0 Å². The molecule has 1 saturated heterocycles. The molecule has 1 saturated carbocycles. The molecule has 0 radical (unpaired) electrons. The van der Waals surface area contributed by atoms with Crippen LogP contribution in [0.3, 0.4) is 0 Å². The molecule has 2 unspecified atom stereocenters. The number of nitrogens with one attached hydrogen (secondary N) is 2. The maximum atomic E-state index is 12.3. The molecule has 7 heteroatoms. The lowest BCUT2D eigenvalue weighted by atomic mass is 9.97. The minimum absolute atomic E-state index is 0.0496. The lowest BCUT2D eigenvalue weighted by molar-refractivity contribution is 0.0926. The van der Waals surface area contributed by atoms with Crippen LogP contribution in [0.15, 0.2) is 28.9 Å². The van der Waals surface area contributed by atoms with Crippen LogP contribution in [0.2, 0.25) is 0 Å². The Morgan fingerprint density at radius 2 is 2.00 bits per heavy atom. The van der Waals surface area contributed by atoms with E-state index in [0.29, 0.717) is 42.2 Å². The van der Waals surface area contributed by atoms with Crippen molar-refractivity contribution < 1.29 is 14.0 Å². The molecule has 2 atom stereocenters. The predicted molar refractivity (Wildman–Crippen MR) is 106 cm³/mol. The number of amides is 3. The molecule has 2 aromatic heterocycles. The minimum Gasteiger partial charge on any atom is -0.449 e. The Labute approximate surface area is 164 Å². The number of hydrogen-bond acceptors (Lipinski definition) is 4. The first-order valence-corrected chi connectivity index (χ1v) is 9.96. The average molecular weight is 384 g/mol. The average Bonchev–Trinajstić information content (AvgIpc) is 3.04. The zero-order chi connectivity index (χ0) is 19.9. The summed E-state index contributed by atoms with van der Waals surface area (Å²) in [5, 5.41) is 6.84. The molecular weight excluding hydrogens is 356 g/mol. The maximum Gasteiger partial charge on any atom is 0.317 e. The Balaban J connectivity index is 1.18. The second kappa shape index (κ2) is 7.11. The number of nitrogens with zero attached hydrogens (tertiary/aromatic N) is 2. The SMILES string of the molecule is CC(C)(C)CNC(=O)N1CC2C(CCNC(=O)c3cc4ccncc4o3)C2C1. The van der Waals surface area contributed by atoms with Crippen LogP contribution in [-0.2, 0) is 0 Å². The first-order chi connectivity index (χ1) is 13.3. The largest absolute Gasteiger partial charge is 0.449 e. The highest BCUT2D eigenvalue weighted by Crippen LogP contribution is 2.53. The van der Waals surface area contributed by atoms with Crippen LogP contribution in [0, 0.1) is 23.2 Å². The number of carbonyl (C=O) groups excluding carboxylic acids is 2. The topological polar surface area (TPSA) is 87.5 Å². The predicted octanol–water partition coefficient (Wildman–Crippen LogP) is 2.88. The number of urea groups is 1. The first kappa shape index (κ1) is 18.8. The van der Waals surface area contributed by atoms with Gasteiger partial charge in [0, 0.05) is 37.8 Å². The third-order valence-corrected chi connectivity index (χ3v) is 5.74. The molecule has 3 heterocycles. The van der Waals surface area contributed by atoms with Gasteiger partial charge in [-0.2, -0.15) is 0 Å². The van der Waals surface area contributed by atoms with Gasteiger partial charge in [0.25, 0.3) is 5.91 Å². The van der Waals surface area contributed by atoms with E-state index in [1.54, 1.807) is 18.5 Å². The summed E-state index contributed by atoms with van der Waals surface area (Å²) in [6.07, 6.45) is 4.24. The van der Waals surface area contributed by atoms with Gasteiger partial charge in [-0.15, -0.1) is 0 Å². The third kappa shape index (κ3) is 3.98. The highest BCUT2D eigenvalue weighted by Gasteiger charge is 2.55. The number of hydrogen-bond donors (Lipinski definition) is 2. The van der Waals surface area contributed by atoms with Crippen molar-refractivity contribution in [3.8, 4) is 0 Å². The van der Waals surface area contributed by atoms with E-state index >= 15 is 0 Å². The zero-order valence-electron chi connectivity index (χ0n) is 16.7. The number of piperidine rings is 1. The minimum atomic E-state index is -0.190. The molecule has 7 nitrogen and oxygen atoms in total. The van der Waals surface area contributed by atoms with E-state index < -0.39 is 0 Å². The molecule has 2 N–H and O–H groups in total. The highest BCUT2D eigenvalue weighted by atomic mass is 16.3. The molecule has 3 amide bonds. The van der Waals surface area contributed by atoms with E-state index in [-0.39, 0.29) is 17.4 Å². The smallest absolute Gasteiger partial charge is 0.317 e. The van der Waals surface area contributed by atoms with Crippen molar-refractivity contribution in [1.29, 1.82) is 0 Å². The Kier molecular flexibility index (Phi) is 4.77. The van der Waals surface area contributed by atoms with Crippen molar-refractivity contribution in [3.63, 3.8) is 0 Å². The van der Waals surface area contributed by atoms with Crippen molar-refractivity contribution in [2.45, 2.75) is 27.2 Å². The lowest BCUT2D eigenvalue weighted by Gasteiger charge is -2.24. The summed E-state index contributed by atoms with van der Waals surface area (Å²) in [5.74, 6) is 1.89. The van der Waals surface area contributed by atoms with Crippen LogP contribution >= 0.6 is 0 Å². The molecule has 150 valence electrons. The number of likely N-dealkylation sites (tertiary alicyclic amines) is 1. The second-order valence-electron chi connectivity index (χ2n) is 9.18. The van der Waals surface area contributed by atoms with Crippen LogP contribution < -0.4 is 10.6 Å². The van der Waals surface area contributed by atoms with Gasteiger partial charge in [0.1, 0.15) is 0 Å². The summed E-state index contributed by atoms with van der Waals surface area (Å²) in [6, 6.07) is 3.62. The quantitative estimate of drug-likeness (QED) is 0.830. The molecule has 1 aliphatic carbocycles. The van der Waals surface area contributed by atoms with Crippen molar-refractivity contribution in [2.75, 3.05) is 26.2 Å². The first-order valence-electron chi connectivity index (χ1n) is 9.96. The Morgan fingerprint density at radius 3 is 2.68 bits per heavy atom. The Bertz CT molecular complexity index is 840. The van der Waals surface area contributed by atoms with Gasteiger partial charge in [0.05, 0.1) is 6.20 Å². The fourth-order valence-corrected chi connectivity index (χ4v) is 4.13. The summed E-state index contributed by atoms with van der Waals surface area (Å²) in [4.78, 5) is 30.4. The van der Waals surface area contributed by atoms with Gasteiger partial charge in [-0.1, -0.05) is 20.8 Å². The van der Waals surface area contributed by atoms with E-state index in [1.165, 1.54) is 0 Å². The molecule has 4 rings (SSSR count). The molecule has 28 heavy (non-hydrogen) atoms. The van der Waals surface area contributed by atoms with Crippen molar-refractivity contribution >= 4 is 22.9 Å². The van der Waals surface area contributed by atoms with E-state index in [4.69, 9.17) is 4.42 Å². The van der Waals surface area contributed by atoms with Crippen LogP contribution in [0.1, 0.15) is 37.7 Å². The number of aromatic nitrogens is 1. The van der Waals surface area contributed by atoms with E-state index in [2.05, 4.69) is 36.4 Å². The third-order valence-electron chi connectivity index (χ3n) is 5.74. The van der Waals surface area contributed by atoms with Crippen LogP contribution in [0.25, 0.3) is 11.0 Å². The number of carbonyl (C=O) groups is 2. The summed E-state index contributed by atoms with van der Waals surface area (Å²) in [6.45, 7) is 9.31. The van der Waals surface area contributed by atoms with Gasteiger partial charge in [0.15, 0.2) is 11.3 Å². The van der Waals surface area contributed by atoms with Crippen molar-refractivity contribution in [2.24, 2.45) is 23.2 Å². The second-order valence-corrected chi connectivity index (χ2v) is 9.18. The molecule has 2 fully saturated rings. The summed E-state index contributed by atoms with van der Waals surface area (Å²) < 4.78 is 5.54. The standard InChI is InChI=1S/C21H28N4O3/c1-21(2,3)12-24-20(27)25-10-15-14(16(15)11-25)5-7-23-19(26)17-8-13-4-6-22-9-18(13)28-17/h4,6,8-9,14-16H,5,7,10-12H2,1-3H3,(H,23,26)(H,24,27). The van der Waals surface area contributed by atoms with E-state index in [0.717, 1.165) is 24.9 Å². The van der Waals surface area contributed by atoms with Crippen LogP contribution in [0.5, 0.6) is 0 Å². The van der Waals surface area contributed by atoms with Gasteiger partial charge in [-0.3, -0.25) is 9.78 Å². The van der Waals surface area contributed by atoms with Crippen molar-refractivity contribution in [1.82, 2.24) is 20.5 Å². The maximum absolute atomic E-state index is 12.3. The lowest BCUT2D eigenvalue weighted by Crippen LogP contribution is -2.43. The van der Waals surface area contributed by atoms with Gasteiger partial charge in [0.2, 0.25) is 0 Å². The molecule has 0 bridgehead atoms. The van der Waals surface area contributed by atoms with E-state index in [1.807, 2.05) is 11.0 Å². The number of furan rings is 1. The fourth-order valence-electron chi connectivity index (χ4n) is 4.13. The Hall–Kier alpha value is -2.57. The molecule has 2 aromatic rings. The number of pyridine rings is 1. The van der Waals surface area contributed by atoms with Gasteiger partial charge in [-0.05, 0) is 41.7 Å². The molecular formula is C21H28N4O3. The molecule has 1 aliphatic heterocycles. The number of rotatable bonds is 5. The molecule has 0 aromatic carbocycles. The summed E-state index contributed by atoms with van der Waals surface area (Å²) in [5.41, 5.74) is 0.712. The van der Waals surface area contributed by atoms with Crippen LogP contribution in [0.4, 0.5) is 4.79 Å². The number of fused-ring (bicyclic) bond motifs is 2. The molecule has 0 spiro atoms. The fraction of sp³-hybridized carbons (Fsp3) is 0.571. The van der Waals surface area contributed by atoms with Crippen LogP contribution in [-0.4, -0.2) is 48.0 Å². The normalized spacial score (nSPS) is 23.5. The summed E-state index contributed by atoms with van der Waals surface area (Å²) >= 11 is 0. The summed E-state index contributed by atoms with van der Waals surface area (Å²) in [7, 11) is 0. The monoisotopic (exact) mass is 384 g/mol. The van der Waals surface area contributed by atoms with Gasteiger partial charge in [-0.25, -0.2) is 4.79 Å². The highest BCUT2D eigenvalue weighted by molar-refractivity contribution is 5.95.